The van der Waals surface area contributed by atoms with Crippen LogP contribution in [0.3, 0.4) is 0 Å². The predicted molar refractivity (Wildman–Crippen MR) is 73.3 cm³/mol. The molecule has 2 atom stereocenters. The van der Waals surface area contributed by atoms with Gasteiger partial charge in [0.2, 0.25) is 0 Å². The van der Waals surface area contributed by atoms with Crippen LogP contribution in [-0.4, -0.2) is 21.1 Å². The molecule has 0 aliphatic carbocycles. The molecule has 17 heavy (non-hydrogen) atoms. The number of thioether (sulfide) groups is 1. The first kappa shape index (κ1) is 11.2. The summed E-state index contributed by atoms with van der Waals surface area (Å²) in [5.41, 5.74) is 1.53. The van der Waals surface area contributed by atoms with E-state index >= 15 is 0 Å². The highest BCUT2D eigenvalue weighted by molar-refractivity contribution is 8.00. The first-order valence-corrected chi connectivity index (χ1v) is 7.17. The van der Waals surface area contributed by atoms with Crippen molar-refractivity contribution in [3.05, 3.63) is 36.0 Å². The molecule has 1 aliphatic rings. The topological polar surface area (TPSA) is 36.0 Å². The van der Waals surface area contributed by atoms with Crippen molar-refractivity contribution in [3.8, 4) is 0 Å². The van der Waals surface area contributed by atoms with Crippen LogP contribution in [-0.2, 0) is 5.60 Å². The van der Waals surface area contributed by atoms with Gasteiger partial charge in [-0.25, -0.2) is 0 Å². The maximum Gasteiger partial charge on any atom is 0.101 e. The van der Waals surface area contributed by atoms with Gasteiger partial charge in [-0.3, -0.25) is 0 Å². The highest BCUT2D eigenvalue weighted by atomic mass is 32.2. The van der Waals surface area contributed by atoms with Crippen LogP contribution < -0.4 is 0 Å². The summed E-state index contributed by atoms with van der Waals surface area (Å²) in [6, 6.07) is 8.30. The molecule has 2 nitrogen and oxygen atoms in total. The number of aliphatic hydroxyl groups is 1. The van der Waals surface area contributed by atoms with E-state index in [4.69, 9.17) is 0 Å². The fraction of sp³-hybridized carbons (Fsp3) is 0.429. The Bertz CT molecular complexity index is 536. The number of aromatic amines is 1. The average Bonchev–Trinajstić information content (AvgIpc) is 2.80. The fourth-order valence-electron chi connectivity index (χ4n) is 2.64. The molecule has 2 unspecified atom stereocenters. The highest BCUT2D eigenvalue weighted by Crippen LogP contribution is 2.41. The molecule has 0 saturated carbocycles. The average molecular weight is 247 g/mol. The summed E-state index contributed by atoms with van der Waals surface area (Å²) in [5.74, 6) is 1.16. The van der Waals surface area contributed by atoms with Crippen molar-refractivity contribution in [2.75, 3.05) is 5.75 Å². The lowest BCUT2D eigenvalue weighted by Crippen LogP contribution is -2.38. The molecule has 2 heterocycles. The number of benzene rings is 1. The van der Waals surface area contributed by atoms with Crippen LogP contribution in [0.2, 0.25) is 0 Å². The van der Waals surface area contributed by atoms with E-state index in [1.165, 1.54) is 5.39 Å². The molecule has 3 rings (SSSR count). The molecule has 0 spiro atoms. The minimum absolute atomic E-state index is 0.271. The van der Waals surface area contributed by atoms with Gasteiger partial charge in [0.1, 0.15) is 5.60 Å². The Hall–Kier alpha value is -0.930. The molecule has 0 amide bonds. The maximum atomic E-state index is 10.9. The number of rotatable bonds is 1. The van der Waals surface area contributed by atoms with E-state index in [-0.39, 0.29) is 5.25 Å². The Labute approximate surface area is 105 Å². The minimum Gasteiger partial charge on any atom is -0.384 e. The molecule has 2 N–H and O–H groups in total. The van der Waals surface area contributed by atoms with Crippen LogP contribution in [0, 0.1) is 0 Å². The van der Waals surface area contributed by atoms with Crippen LogP contribution in [0.15, 0.2) is 30.5 Å². The van der Waals surface area contributed by atoms with Gasteiger partial charge < -0.3 is 10.1 Å². The molecule has 0 bridgehead atoms. The quantitative estimate of drug-likeness (QED) is 0.811. The van der Waals surface area contributed by atoms with E-state index in [1.54, 1.807) is 0 Å². The van der Waals surface area contributed by atoms with Gasteiger partial charge >= 0.3 is 0 Å². The monoisotopic (exact) mass is 247 g/mol. The second-order valence-electron chi connectivity index (χ2n) is 4.82. The van der Waals surface area contributed by atoms with Crippen LogP contribution in [0.4, 0.5) is 0 Å². The molecule has 3 heteroatoms. The van der Waals surface area contributed by atoms with Gasteiger partial charge in [-0.2, -0.15) is 11.8 Å². The van der Waals surface area contributed by atoms with E-state index < -0.39 is 5.60 Å². The SMILES string of the molecule is CC1SCCCC1(O)c1ccc2[nH]ccc2c1. The fourth-order valence-corrected chi connectivity index (χ4v) is 3.84. The summed E-state index contributed by atoms with van der Waals surface area (Å²) in [5, 5.41) is 12.3. The molecular formula is C14H17NOS. The van der Waals surface area contributed by atoms with Gasteiger partial charge in [0, 0.05) is 17.0 Å². The summed E-state index contributed by atoms with van der Waals surface area (Å²) >= 11 is 1.87. The molecule has 90 valence electrons. The molecule has 1 aromatic carbocycles. The van der Waals surface area contributed by atoms with Gasteiger partial charge in [-0.05, 0) is 47.7 Å². The van der Waals surface area contributed by atoms with Crippen LogP contribution in [0.25, 0.3) is 10.9 Å². The largest absolute Gasteiger partial charge is 0.384 e. The smallest absolute Gasteiger partial charge is 0.101 e. The minimum atomic E-state index is -0.658. The first-order valence-electron chi connectivity index (χ1n) is 6.12. The molecule has 1 aromatic heterocycles. The van der Waals surface area contributed by atoms with E-state index in [0.717, 1.165) is 29.7 Å². The van der Waals surface area contributed by atoms with Gasteiger partial charge in [-0.15, -0.1) is 0 Å². The zero-order valence-electron chi connectivity index (χ0n) is 9.94. The zero-order chi connectivity index (χ0) is 11.9. The second-order valence-corrected chi connectivity index (χ2v) is 6.27. The van der Waals surface area contributed by atoms with Crippen LogP contribution in [0.5, 0.6) is 0 Å². The molecule has 1 saturated heterocycles. The normalized spacial score (nSPS) is 29.6. The van der Waals surface area contributed by atoms with Crippen molar-refractivity contribution in [2.24, 2.45) is 0 Å². The number of nitrogens with one attached hydrogen (secondary N) is 1. The third-order valence-corrected chi connectivity index (χ3v) is 5.21. The molecule has 2 aromatic rings. The predicted octanol–water partition coefficient (Wildman–Crippen LogP) is 3.27. The number of aromatic nitrogens is 1. The molecule has 1 aliphatic heterocycles. The molecule has 0 radical (unpaired) electrons. The Kier molecular flexibility index (Phi) is 2.68. The highest BCUT2D eigenvalue weighted by Gasteiger charge is 2.38. The van der Waals surface area contributed by atoms with Crippen molar-refractivity contribution in [1.29, 1.82) is 0 Å². The number of H-pyrrole nitrogens is 1. The number of hydrogen-bond acceptors (Lipinski definition) is 2. The maximum absolute atomic E-state index is 10.9. The van der Waals surface area contributed by atoms with Gasteiger partial charge in [0.05, 0.1) is 0 Å². The Morgan fingerprint density at radius 3 is 3.12 bits per heavy atom. The summed E-state index contributed by atoms with van der Waals surface area (Å²) in [4.78, 5) is 3.19. The third-order valence-electron chi connectivity index (χ3n) is 3.80. The summed E-state index contributed by atoms with van der Waals surface area (Å²) in [7, 11) is 0. The lowest BCUT2D eigenvalue weighted by molar-refractivity contribution is 0.0255. The Morgan fingerprint density at radius 1 is 1.41 bits per heavy atom. The van der Waals surface area contributed by atoms with Gasteiger partial charge in [-0.1, -0.05) is 13.0 Å². The third kappa shape index (κ3) is 1.78. The van der Waals surface area contributed by atoms with E-state index in [9.17, 15) is 5.11 Å². The van der Waals surface area contributed by atoms with Crippen molar-refractivity contribution >= 4 is 22.7 Å². The van der Waals surface area contributed by atoms with Crippen molar-refractivity contribution < 1.29 is 5.11 Å². The summed E-state index contributed by atoms with van der Waals surface area (Å²) in [6.07, 6.45) is 3.91. The van der Waals surface area contributed by atoms with Crippen molar-refractivity contribution in [3.63, 3.8) is 0 Å². The number of hydrogen-bond donors (Lipinski definition) is 2. The molecule has 1 fully saturated rings. The standard InChI is InChI=1S/C14H17NOS/c1-10-14(16,6-2-8-17-10)12-3-4-13-11(9-12)5-7-15-13/h3-5,7,9-10,15-16H,2,6,8H2,1H3. The zero-order valence-corrected chi connectivity index (χ0v) is 10.8. The first-order chi connectivity index (χ1) is 8.20. The Morgan fingerprint density at radius 2 is 2.29 bits per heavy atom. The van der Waals surface area contributed by atoms with E-state index in [2.05, 4.69) is 36.2 Å². The van der Waals surface area contributed by atoms with Crippen molar-refractivity contribution in [1.82, 2.24) is 4.98 Å². The van der Waals surface area contributed by atoms with E-state index in [0.29, 0.717) is 0 Å². The van der Waals surface area contributed by atoms with Crippen LogP contribution in [0.1, 0.15) is 25.3 Å². The lowest BCUT2D eigenvalue weighted by Gasteiger charge is -2.38. The van der Waals surface area contributed by atoms with Crippen LogP contribution >= 0.6 is 11.8 Å². The van der Waals surface area contributed by atoms with Gasteiger partial charge in [0.25, 0.3) is 0 Å². The second kappa shape index (κ2) is 4.07. The summed E-state index contributed by atoms with van der Waals surface area (Å²) in [6.45, 7) is 2.13. The number of fused-ring (bicyclic) bond motifs is 1. The summed E-state index contributed by atoms with van der Waals surface area (Å²) < 4.78 is 0. The van der Waals surface area contributed by atoms with Crippen molar-refractivity contribution in [2.45, 2.75) is 30.6 Å². The van der Waals surface area contributed by atoms with E-state index in [1.807, 2.05) is 18.0 Å². The lowest BCUT2D eigenvalue weighted by atomic mass is 9.85. The Balaban J connectivity index is 2.06. The van der Waals surface area contributed by atoms with Gasteiger partial charge in [0.15, 0.2) is 0 Å². The molecular weight excluding hydrogens is 230 g/mol.